The third-order valence-corrected chi connectivity index (χ3v) is 4.24. The molecule has 0 saturated carbocycles. The van der Waals surface area contributed by atoms with Crippen molar-refractivity contribution in [1.82, 2.24) is 4.90 Å². The Balaban J connectivity index is 1.69. The molecule has 0 amide bonds. The molecule has 0 spiro atoms. The van der Waals surface area contributed by atoms with Gasteiger partial charge in [0.1, 0.15) is 0 Å². The van der Waals surface area contributed by atoms with Gasteiger partial charge in [-0.2, -0.15) is 0 Å². The van der Waals surface area contributed by atoms with Crippen molar-refractivity contribution in [2.45, 2.75) is 38.6 Å². The molecule has 20 heavy (non-hydrogen) atoms. The van der Waals surface area contributed by atoms with Gasteiger partial charge in [0.25, 0.3) is 0 Å². The SMILES string of the molecule is ClCCCCCCC1C=CCN(Cc2ccccc2)C1. The molecule has 0 bridgehead atoms. The molecule has 0 radical (unpaired) electrons. The molecule has 0 aromatic heterocycles. The van der Waals surface area contributed by atoms with Crippen molar-refractivity contribution in [3.63, 3.8) is 0 Å². The van der Waals surface area contributed by atoms with Gasteiger partial charge >= 0.3 is 0 Å². The summed E-state index contributed by atoms with van der Waals surface area (Å²) in [7, 11) is 0. The molecule has 0 saturated heterocycles. The number of nitrogens with zero attached hydrogens (tertiary/aromatic N) is 1. The van der Waals surface area contributed by atoms with E-state index in [0.717, 1.165) is 24.9 Å². The van der Waals surface area contributed by atoms with Crippen molar-refractivity contribution in [3.8, 4) is 0 Å². The Hall–Kier alpha value is -0.790. The first-order valence-corrected chi connectivity index (χ1v) is 8.41. The van der Waals surface area contributed by atoms with Gasteiger partial charge in [0.05, 0.1) is 0 Å². The summed E-state index contributed by atoms with van der Waals surface area (Å²) in [6.07, 6.45) is 11.2. The van der Waals surface area contributed by atoms with Gasteiger partial charge in [0.15, 0.2) is 0 Å². The first-order chi connectivity index (χ1) is 9.88. The van der Waals surface area contributed by atoms with Crippen molar-refractivity contribution in [2.75, 3.05) is 19.0 Å². The summed E-state index contributed by atoms with van der Waals surface area (Å²) >= 11 is 5.71. The van der Waals surface area contributed by atoms with Crippen LogP contribution in [0.5, 0.6) is 0 Å². The van der Waals surface area contributed by atoms with Crippen LogP contribution in [0.1, 0.15) is 37.7 Å². The maximum atomic E-state index is 5.71. The zero-order valence-electron chi connectivity index (χ0n) is 12.3. The van der Waals surface area contributed by atoms with Gasteiger partial charge in [-0.25, -0.2) is 0 Å². The van der Waals surface area contributed by atoms with Gasteiger partial charge in [0, 0.05) is 25.5 Å². The summed E-state index contributed by atoms with van der Waals surface area (Å²) in [5.41, 5.74) is 1.42. The van der Waals surface area contributed by atoms with Gasteiger partial charge < -0.3 is 0 Å². The molecule has 1 nitrogen and oxygen atoms in total. The molecular weight excluding hydrogens is 266 g/mol. The van der Waals surface area contributed by atoms with Crippen molar-refractivity contribution in [1.29, 1.82) is 0 Å². The van der Waals surface area contributed by atoms with Crippen molar-refractivity contribution in [3.05, 3.63) is 48.0 Å². The summed E-state index contributed by atoms with van der Waals surface area (Å²) in [4.78, 5) is 2.55. The fraction of sp³-hybridized carbons (Fsp3) is 0.556. The largest absolute Gasteiger partial charge is 0.295 e. The maximum absolute atomic E-state index is 5.71. The van der Waals surface area contributed by atoms with E-state index in [1.165, 1.54) is 44.2 Å². The van der Waals surface area contributed by atoms with Gasteiger partial charge in [-0.15, -0.1) is 11.6 Å². The summed E-state index contributed by atoms with van der Waals surface area (Å²) in [6.45, 7) is 3.38. The molecule has 1 heterocycles. The Morgan fingerprint density at radius 1 is 1.05 bits per heavy atom. The Kier molecular flexibility index (Phi) is 7.18. The van der Waals surface area contributed by atoms with E-state index in [-0.39, 0.29) is 0 Å². The molecule has 1 aromatic carbocycles. The molecule has 1 aliphatic heterocycles. The number of halogens is 1. The zero-order valence-corrected chi connectivity index (χ0v) is 13.1. The number of unbranched alkanes of at least 4 members (excludes halogenated alkanes) is 3. The Bertz CT molecular complexity index is 388. The second-order valence-corrected chi connectivity index (χ2v) is 6.14. The predicted molar refractivity (Wildman–Crippen MR) is 88.2 cm³/mol. The highest BCUT2D eigenvalue weighted by atomic mass is 35.5. The molecule has 0 N–H and O–H groups in total. The van der Waals surface area contributed by atoms with E-state index < -0.39 is 0 Å². The minimum atomic E-state index is 0.739. The van der Waals surface area contributed by atoms with Crippen LogP contribution in [0.4, 0.5) is 0 Å². The molecule has 2 heteroatoms. The lowest BCUT2D eigenvalue weighted by atomic mass is 9.97. The number of hydrogen-bond donors (Lipinski definition) is 0. The van der Waals surface area contributed by atoms with Crippen LogP contribution in [0.3, 0.4) is 0 Å². The quantitative estimate of drug-likeness (QED) is 0.375. The lowest BCUT2D eigenvalue weighted by Gasteiger charge is -2.29. The molecule has 1 unspecified atom stereocenters. The number of benzene rings is 1. The van der Waals surface area contributed by atoms with Crippen LogP contribution >= 0.6 is 11.6 Å². The van der Waals surface area contributed by atoms with E-state index in [1.54, 1.807) is 0 Å². The van der Waals surface area contributed by atoms with E-state index in [0.29, 0.717) is 0 Å². The molecule has 1 aliphatic rings. The summed E-state index contributed by atoms with van der Waals surface area (Å²) in [5, 5.41) is 0. The summed E-state index contributed by atoms with van der Waals surface area (Å²) < 4.78 is 0. The summed E-state index contributed by atoms with van der Waals surface area (Å²) in [5.74, 6) is 1.55. The van der Waals surface area contributed by atoms with E-state index in [1.807, 2.05) is 0 Å². The highest BCUT2D eigenvalue weighted by Gasteiger charge is 2.15. The van der Waals surface area contributed by atoms with Crippen LogP contribution < -0.4 is 0 Å². The van der Waals surface area contributed by atoms with Crippen LogP contribution in [0.2, 0.25) is 0 Å². The van der Waals surface area contributed by atoms with Crippen molar-refractivity contribution in [2.24, 2.45) is 5.92 Å². The average Bonchev–Trinajstić information content (AvgIpc) is 2.48. The average molecular weight is 292 g/mol. The number of hydrogen-bond acceptors (Lipinski definition) is 1. The second kappa shape index (κ2) is 9.20. The summed E-state index contributed by atoms with van der Waals surface area (Å²) in [6, 6.07) is 10.8. The van der Waals surface area contributed by atoms with Crippen LogP contribution in [0.15, 0.2) is 42.5 Å². The maximum Gasteiger partial charge on any atom is 0.0237 e. The highest BCUT2D eigenvalue weighted by molar-refractivity contribution is 6.17. The Morgan fingerprint density at radius 3 is 2.65 bits per heavy atom. The number of rotatable bonds is 8. The molecule has 1 atom stereocenters. The topological polar surface area (TPSA) is 3.24 Å². The molecule has 0 fully saturated rings. The van der Waals surface area contributed by atoms with E-state index >= 15 is 0 Å². The number of alkyl halides is 1. The van der Waals surface area contributed by atoms with Crippen molar-refractivity contribution < 1.29 is 0 Å². The Labute approximate surface area is 128 Å². The van der Waals surface area contributed by atoms with E-state index in [9.17, 15) is 0 Å². The molecule has 2 rings (SSSR count). The third-order valence-electron chi connectivity index (χ3n) is 3.97. The lowest BCUT2D eigenvalue weighted by molar-refractivity contribution is 0.243. The van der Waals surface area contributed by atoms with E-state index in [4.69, 9.17) is 11.6 Å². The smallest absolute Gasteiger partial charge is 0.0237 e. The normalized spacial score (nSPS) is 19.4. The third kappa shape index (κ3) is 5.68. The highest BCUT2D eigenvalue weighted by Crippen LogP contribution is 2.19. The van der Waals surface area contributed by atoms with Crippen LogP contribution in [0.25, 0.3) is 0 Å². The monoisotopic (exact) mass is 291 g/mol. The van der Waals surface area contributed by atoms with Gasteiger partial charge in [0.2, 0.25) is 0 Å². The van der Waals surface area contributed by atoms with Crippen molar-refractivity contribution >= 4 is 11.6 Å². The standard InChI is InChI=1S/C18H26ClN/c19-13-7-2-1-4-9-18-12-8-14-20(16-18)15-17-10-5-3-6-11-17/h3,5-6,8,10-12,18H,1-2,4,7,9,13-16H2. The van der Waals surface area contributed by atoms with Crippen LogP contribution in [-0.4, -0.2) is 23.9 Å². The van der Waals surface area contributed by atoms with Gasteiger partial charge in [-0.1, -0.05) is 61.7 Å². The van der Waals surface area contributed by atoms with E-state index in [2.05, 4.69) is 47.4 Å². The van der Waals surface area contributed by atoms with Gasteiger partial charge in [-0.3, -0.25) is 4.90 Å². The fourth-order valence-corrected chi connectivity index (χ4v) is 3.07. The minimum Gasteiger partial charge on any atom is -0.295 e. The first kappa shape index (κ1) is 15.6. The zero-order chi connectivity index (χ0) is 14.0. The molecule has 110 valence electrons. The predicted octanol–water partition coefficient (Wildman–Crippen LogP) is 4.86. The first-order valence-electron chi connectivity index (χ1n) is 7.87. The lowest BCUT2D eigenvalue weighted by Crippen LogP contribution is -2.31. The van der Waals surface area contributed by atoms with Crippen LogP contribution in [0, 0.1) is 5.92 Å². The minimum absolute atomic E-state index is 0.739. The molecule has 0 aliphatic carbocycles. The second-order valence-electron chi connectivity index (χ2n) is 5.76. The molecule has 1 aromatic rings. The van der Waals surface area contributed by atoms with Gasteiger partial charge in [-0.05, 0) is 24.3 Å². The fourth-order valence-electron chi connectivity index (χ4n) is 2.88. The molecular formula is C18H26ClN. The Morgan fingerprint density at radius 2 is 1.85 bits per heavy atom. The van der Waals surface area contributed by atoms with Crippen LogP contribution in [-0.2, 0) is 6.54 Å².